The van der Waals surface area contributed by atoms with Gasteiger partial charge in [-0.25, -0.2) is 0 Å². The molecule has 0 amide bonds. The van der Waals surface area contributed by atoms with E-state index in [2.05, 4.69) is 6.92 Å². The van der Waals surface area contributed by atoms with E-state index in [-0.39, 0.29) is 0 Å². The zero-order chi connectivity index (χ0) is 14.8. The zero-order valence-electron chi connectivity index (χ0n) is 12.7. The van der Waals surface area contributed by atoms with Gasteiger partial charge >= 0.3 is 0 Å². The van der Waals surface area contributed by atoms with Crippen molar-refractivity contribution in [3.63, 3.8) is 0 Å². The van der Waals surface area contributed by atoms with Crippen LogP contribution < -0.4 is 10.5 Å². The Morgan fingerprint density at radius 1 is 1.10 bits per heavy atom. The van der Waals surface area contributed by atoms with E-state index in [1.54, 1.807) is 19.2 Å². The second-order valence-electron chi connectivity index (χ2n) is 5.08. The number of methoxy groups -OCH3 is 1. The monoisotopic (exact) mass is 297 g/mol. The average Bonchev–Trinajstić information content (AvgIpc) is 2.45. The zero-order valence-corrected chi connectivity index (χ0v) is 13.5. The van der Waals surface area contributed by atoms with E-state index >= 15 is 0 Å². The standard InChI is InChI=1S/C16H27NO2S/c1-3-4-5-6-7-8-9-12-20(18)16-11-10-14(17)13-15(16)19-2/h10-11,13H,3-9,12,17H2,1-2H3. The van der Waals surface area contributed by atoms with Gasteiger partial charge in [-0.2, -0.15) is 0 Å². The number of ether oxygens (including phenoxy) is 1. The lowest BCUT2D eigenvalue weighted by atomic mass is 10.1. The number of anilines is 1. The molecule has 1 aromatic carbocycles. The Bertz CT molecular complexity index is 421. The molecule has 0 saturated heterocycles. The lowest BCUT2D eigenvalue weighted by molar-refractivity contribution is 0.404. The van der Waals surface area contributed by atoms with Gasteiger partial charge in [0.25, 0.3) is 0 Å². The highest BCUT2D eigenvalue weighted by atomic mass is 32.2. The van der Waals surface area contributed by atoms with Crippen molar-refractivity contribution >= 4 is 16.5 Å². The van der Waals surface area contributed by atoms with Gasteiger partial charge in [0.2, 0.25) is 0 Å². The Kier molecular flexibility index (Phi) is 8.35. The van der Waals surface area contributed by atoms with Crippen LogP contribution in [0.5, 0.6) is 5.75 Å². The summed E-state index contributed by atoms with van der Waals surface area (Å²) in [5, 5.41) is 0. The van der Waals surface area contributed by atoms with Crippen LogP contribution in [0.3, 0.4) is 0 Å². The van der Waals surface area contributed by atoms with Crippen molar-refractivity contribution in [1.29, 1.82) is 0 Å². The number of hydrogen-bond acceptors (Lipinski definition) is 3. The molecule has 0 aromatic heterocycles. The third kappa shape index (κ3) is 5.95. The van der Waals surface area contributed by atoms with Crippen LogP contribution in [0.2, 0.25) is 0 Å². The molecule has 1 atom stereocenters. The van der Waals surface area contributed by atoms with Crippen molar-refractivity contribution in [2.75, 3.05) is 18.6 Å². The average molecular weight is 297 g/mol. The molecule has 20 heavy (non-hydrogen) atoms. The van der Waals surface area contributed by atoms with Crippen LogP contribution >= 0.6 is 0 Å². The lowest BCUT2D eigenvalue weighted by Gasteiger charge is -2.09. The van der Waals surface area contributed by atoms with Gasteiger partial charge in [0.05, 0.1) is 22.8 Å². The minimum absolute atomic E-state index is 0.631. The van der Waals surface area contributed by atoms with E-state index < -0.39 is 10.8 Å². The van der Waals surface area contributed by atoms with Crippen molar-refractivity contribution in [3.8, 4) is 5.75 Å². The van der Waals surface area contributed by atoms with Gasteiger partial charge in [-0.15, -0.1) is 0 Å². The largest absolute Gasteiger partial charge is 0.495 e. The first-order valence-electron chi connectivity index (χ1n) is 7.51. The third-order valence-electron chi connectivity index (χ3n) is 3.37. The molecule has 0 fully saturated rings. The molecule has 4 heteroatoms. The predicted molar refractivity (Wildman–Crippen MR) is 86.7 cm³/mol. The van der Waals surface area contributed by atoms with Crippen molar-refractivity contribution < 1.29 is 8.95 Å². The number of benzene rings is 1. The Labute approximate surface area is 125 Å². The number of hydrogen-bond donors (Lipinski definition) is 1. The molecule has 2 N–H and O–H groups in total. The van der Waals surface area contributed by atoms with Gasteiger partial charge < -0.3 is 10.5 Å². The van der Waals surface area contributed by atoms with Crippen molar-refractivity contribution in [2.24, 2.45) is 0 Å². The summed E-state index contributed by atoms with van der Waals surface area (Å²) >= 11 is 0. The molecular formula is C16H27NO2S. The molecule has 0 aliphatic rings. The summed E-state index contributed by atoms with van der Waals surface area (Å²) in [4.78, 5) is 0.757. The molecule has 0 heterocycles. The van der Waals surface area contributed by atoms with Gasteiger partial charge in [0.1, 0.15) is 5.75 Å². The van der Waals surface area contributed by atoms with Crippen LogP contribution in [0.15, 0.2) is 23.1 Å². The summed E-state index contributed by atoms with van der Waals surface area (Å²) < 4.78 is 17.5. The number of nitrogens with two attached hydrogens (primary N) is 1. The van der Waals surface area contributed by atoms with E-state index in [0.29, 0.717) is 17.2 Å². The maximum Gasteiger partial charge on any atom is 0.137 e. The highest BCUT2D eigenvalue weighted by Crippen LogP contribution is 2.25. The quantitative estimate of drug-likeness (QED) is 0.521. The maximum absolute atomic E-state index is 12.3. The first-order valence-corrected chi connectivity index (χ1v) is 8.82. The fourth-order valence-electron chi connectivity index (χ4n) is 2.17. The Morgan fingerprint density at radius 2 is 1.75 bits per heavy atom. The Hall–Kier alpha value is -1.03. The molecular weight excluding hydrogens is 270 g/mol. The second kappa shape index (κ2) is 9.81. The summed E-state index contributed by atoms with van der Waals surface area (Å²) in [6, 6.07) is 5.32. The van der Waals surface area contributed by atoms with Crippen LogP contribution in [0.25, 0.3) is 0 Å². The van der Waals surface area contributed by atoms with E-state index in [9.17, 15) is 4.21 Å². The molecule has 1 aromatic rings. The van der Waals surface area contributed by atoms with Crippen LogP contribution in [-0.4, -0.2) is 17.1 Å². The van der Waals surface area contributed by atoms with Crippen LogP contribution in [0.4, 0.5) is 5.69 Å². The Balaban J connectivity index is 2.32. The molecule has 3 nitrogen and oxygen atoms in total. The first kappa shape index (κ1) is 17.0. The minimum Gasteiger partial charge on any atom is -0.495 e. The molecule has 1 rings (SSSR count). The van der Waals surface area contributed by atoms with Crippen LogP contribution in [0, 0.1) is 0 Å². The predicted octanol–water partition coefficient (Wildman–Crippen LogP) is 4.14. The molecule has 0 aliphatic carbocycles. The minimum atomic E-state index is -0.992. The van der Waals surface area contributed by atoms with Crippen molar-refractivity contribution in [3.05, 3.63) is 18.2 Å². The van der Waals surface area contributed by atoms with Gasteiger partial charge in [-0.05, 0) is 18.6 Å². The smallest absolute Gasteiger partial charge is 0.137 e. The summed E-state index contributed by atoms with van der Waals surface area (Å²) in [7, 11) is 0.594. The molecule has 0 saturated carbocycles. The Morgan fingerprint density at radius 3 is 2.40 bits per heavy atom. The van der Waals surface area contributed by atoms with E-state index in [0.717, 1.165) is 17.7 Å². The van der Waals surface area contributed by atoms with Crippen LogP contribution in [-0.2, 0) is 10.8 Å². The molecule has 0 aliphatic heterocycles. The topological polar surface area (TPSA) is 52.3 Å². The molecule has 114 valence electrons. The normalized spacial score (nSPS) is 12.3. The fraction of sp³-hybridized carbons (Fsp3) is 0.625. The molecule has 0 radical (unpaired) electrons. The second-order valence-corrected chi connectivity index (χ2v) is 6.62. The number of nitrogen functional groups attached to an aromatic ring is 1. The number of rotatable bonds is 10. The summed E-state index contributed by atoms with van der Waals surface area (Å²) in [5.74, 6) is 1.33. The molecule has 1 unspecified atom stereocenters. The van der Waals surface area contributed by atoms with Gasteiger partial charge in [0.15, 0.2) is 0 Å². The van der Waals surface area contributed by atoms with Gasteiger partial charge in [-0.1, -0.05) is 45.4 Å². The van der Waals surface area contributed by atoms with E-state index in [1.807, 2.05) is 6.07 Å². The number of unbranched alkanes of at least 4 members (excludes halogenated alkanes) is 6. The highest BCUT2D eigenvalue weighted by Gasteiger charge is 2.10. The molecule has 0 bridgehead atoms. The van der Waals surface area contributed by atoms with Crippen molar-refractivity contribution in [1.82, 2.24) is 0 Å². The van der Waals surface area contributed by atoms with Crippen molar-refractivity contribution in [2.45, 2.75) is 56.8 Å². The van der Waals surface area contributed by atoms with E-state index in [4.69, 9.17) is 10.5 Å². The lowest BCUT2D eigenvalue weighted by Crippen LogP contribution is -2.02. The fourth-order valence-corrected chi connectivity index (χ4v) is 3.45. The highest BCUT2D eigenvalue weighted by molar-refractivity contribution is 7.85. The van der Waals surface area contributed by atoms with Crippen LogP contribution in [0.1, 0.15) is 51.9 Å². The van der Waals surface area contributed by atoms with Gasteiger partial charge in [0, 0.05) is 17.5 Å². The third-order valence-corrected chi connectivity index (χ3v) is 4.85. The summed E-state index contributed by atoms with van der Waals surface area (Å²) in [5.41, 5.74) is 6.34. The van der Waals surface area contributed by atoms with Gasteiger partial charge in [-0.3, -0.25) is 4.21 Å². The summed E-state index contributed by atoms with van der Waals surface area (Å²) in [6.07, 6.45) is 8.64. The molecule has 0 spiro atoms. The SMILES string of the molecule is CCCCCCCCCS(=O)c1ccc(N)cc1OC. The maximum atomic E-state index is 12.3. The first-order chi connectivity index (χ1) is 9.69. The van der Waals surface area contributed by atoms with E-state index in [1.165, 1.54) is 32.1 Å². The summed E-state index contributed by atoms with van der Waals surface area (Å²) in [6.45, 7) is 2.23.